The van der Waals surface area contributed by atoms with E-state index in [1.807, 2.05) is 65.6 Å². The van der Waals surface area contributed by atoms with Crippen LogP contribution in [0, 0.1) is 0 Å². The van der Waals surface area contributed by atoms with Gasteiger partial charge in [0.2, 0.25) is 5.91 Å². The van der Waals surface area contributed by atoms with Crippen molar-refractivity contribution < 1.29 is 9.21 Å². The number of hydrogen-bond acceptors (Lipinski definition) is 3. The molecule has 4 heteroatoms. The number of piperazine rings is 1. The molecule has 0 N–H and O–H groups in total. The Morgan fingerprint density at radius 2 is 1.68 bits per heavy atom. The first-order valence-electron chi connectivity index (χ1n) is 9.88. The van der Waals surface area contributed by atoms with Crippen LogP contribution in [0.4, 0.5) is 0 Å². The Balaban J connectivity index is 1.42. The number of benzene rings is 2. The van der Waals surface area contributed by atoms with Crippen molar-refractivity contribution in [2.75, 3.05) is 26.7 Å². The van der Waals surface area contributed by atoms with Gasteiger partial charge in [-0.15, -0.1) is 0 Å². The van der Waals surface area contributed by atoms with E-state index in [1.165, 1.54) is 5.56 Å². The van der Waals surface area contributed by atoms with Crippen molar-refractivity contribution in [2.45, 2.75) is 18.9 Å². The third kappa shape index (κ3) is 4.18. The highest BCUT2D eigenvalue weighted by molar-refractivity contribution is 5.77. The van der Waals surface area contributed by atoms with Crippen LogP contribution in [0.15, 0.2) is 77.2 Å². The maximum atomic E-state index is 13.0. The van der Waals surface area contributed by atoms with Crippen LogP contribution in [0.2, 0.25) is 0 Å². The summed E-state index contributed by atoms with van der Waals surface area (Å²) in [7, 11) is 2.12. The highest BCUT2D eigenvalue weighted by atomic mass is 16.3. The minimum absolute atomic E-state index is 0.115. The van der Waals surface area contributed by atoms with Gasteiger partial charge < -0.3 is 14.2 Å². The van der Waals surface area contributed by atoms with Crippen LogP contribution in [-0.4, -0.2) is 42.4 Å². The van der Waals surface area contributed by atoms with E-state index >= 15 is 0 Å². The molecule has 3 aromatic rings. The lowest BCUT2D eigenvalue weighted by atomic mass is 10.0. The SMILES string of the molecule is CN1CCN(C(=O)CCc2ccc(-c3ccccc3)o2)[C@H](c2ccccc2)C1. The van der Waals surface area contributed by atoms with E-state index in [2.05, 4.69) is 24.1 Å². The van der Waals surface area contributed by atoms with E-state index in [0.717, 1.165) is 36.7 Å². The van der Waals surface area contributed by atoms with E-state index in [1.54, 1.807) is 0 Å². The van der Waals surface area contributed by atoms with Crippen LogP contribution in [0.25, 0.3) is 11.3 Å². The van der Waals surface area contributed by atoms with Crippen molar-refractivity contribution >= 4 is 5.91 Å². The second-order valence-corrected chi connectivity index (χ2v) is 7.41. The molecule has 2 aromatic carbocycles. The van der Waals surface area contributed by atoms with Crippen LogP contribution >= 0.6 is 0 Å². The zero-order chi connectivity index (χ0) is 19.3. The monoisotopic (exact) mass is 374 g/mol. The van der Waals surface area contributed by atoms with Crippen molar-refractivity contribution in [3.05, 3.63) is 84.1 Å². The molecule has 1 aliphatic rings. The van der Waals surface area contributed by atoms with Gasteiger partial charge in [0.1, 0.15) is 11.5 Å². The minimum atomic E-state index is 0.115. The van der Waals surface area contributed by atoms with Crippen molar-refractivity contribution in [3.8, 4) is 11.3 Å². The zero-order valence-electron chi connectivity index (χ0n) is 16.3. The van der Waals surface area contributed by atoms with E-state index in [4.69, 9.17) is 4.42 Å². The highest BCUT2D eigenvalue weighted by Gasteiger charge is 2.29. The predicted octanol–water partition coefficient (Wildman–Crippen LogP) is 4.39. The molecule has 1 aliphatic heterocycles. The second-order valence-electron chi connectivity index (χ2n) is 7.41. The number of nitrogens with zero attached hydrogens (tertiary/aromatic N) is 2. The number of furan rings is 1. The van der Waals surface area contributed by atoms with E-state index < -0.39 is 0 Å². The van der Waals surface area contributed by atoms with Gasteiger partial charge in [0.15, 0.2) is 0 Å². The van der Waals surface area contributed by atoms with Crippen LogP contribution in [0.5, 0.6) is 0 Å². The maximum Gasteiger partial charge on any atom is 0.223 e. The first-order chi connectivity index (χ1) is 13.7. The number of carbonyl (C=O) groups excluding carboxylic acids is 1. The Labute approximate surface area is 166 Å². The molecular weight excluding hydrogens is 348 g/mol. The number of amides is 1. The largest absolute Gasteiger partial charge is 0.461 e. The molecule has 0 bridgehead atoms. The van der Waals surface area contributed by atoms with Gasteiger partial charge in [-0.3, -0.25) is 4.79 Å². The lowest BCUT2D eigenvalue weighted by molar-refractivity contribution is -0.136. The third-order valence-corrected chi connectivity index (χ3v) is 5.39. The fourth-order valence-corrected chi connectivity index (χ4v) is 3.82. The van der Waals surface area contributed by atoms with Gasteiger partial charge in [-0.05, 0) is 24.7 Å². The van der Waals surface area contributed by atoms with E-state index in [-0.39, 0.29) is 11.9 Å². The summed E-state index contributed by atoms with van der Waals surface area (Å²) in [4.78, 5) is 17.3. The van der Waals surface area contributed by atoms with Crippen molar-refractivity contribution in [1.82, 2.24) is 9.80 Å². The number of likely N-dealkylation sites (N-methyl/N-ethyl adjacent to an activating group) is 1. The lowest BCUT2D eigenvalue weighted by Crippen LogP contribution is -2.49. The summed E-state index contributed by atoms with van der Waals surface area (Å²) in [6.45, 7) is 2.55. The van der Waals surface area contributed by atoms with Gasteiger partial charge in [0.05, 0.1) is 6.04 Å². The lowest BCUT2D eigenvalue weighted by Gasteiger charge is -2.40. The first-order valence-corrected chi connectivity index (χ1v) is 9.88. The van der Waals surface area contributed by atoms with Gasteiger partial charge in [-0.2, -0.15) is 0 Å². The van der Waals surface area contributed by atoms with E-state index in [9.17, 15) is 4.79 Å². The topological polar surface area (TPSA) is 36.7 Å². The molecule has 0 radical (unpaired) electrons. The van der Waals surface area contributed by atoms with Crippen molar-refractivity contribution in [3.63, 3.8) is 0 Å². The van der Waals surface area contributed by atoms with Crippen LogP contribution < -0.4 is 0 Å². The average Bonchev–Trinajstić information content (AvgIpc) is 3.22. The third-order valence-electron chi connectivity index (χ3n) is 5.39. The van der Waals surface area contributed by atoms with Crippen LogP contribution in [0.1, 0.15) is 23.8 Å². The summed E-state index contributed by atoms with van der Waals surface area (Å²) in [5.74, 6) is 1.90. The Bertz CT molecular complexity index is 905. The van der Waals surface area contributed by atoms with Gasteiger partial charge in [0, 0.05) is 38.0 Å². The molecule has 1 fully saturated rings. The molecule has 4 rings (SSSR count). The standard InChI is InChI=1S/C24H26N2O2/c1-25-16-17-26(22(18-25)19-8-4-2-5-9-19)24(27)15-13-21-12-14-23(28-21)20-10-6-3-7-11-20/h2-12,14,22H,13,15-18H2,1H3/t22-/m0/s1. The fraction of sp³-hybridized carbons (Fsp3) is 0.292. The van der Waals surface area contributed by atoms with Gasteiger partial charge in [-0.25, -0.2) is 0 Å². The quantitative estimate of drug-likeness (QED) is 0.664. The molecule has 1 aromatic heterocycles. The van der Waals surface area contributed by atoms with Crippen LogP contribution in [0.3, 0.4) is 0 Å². The molecule has 1 atom stereocenters. The summed E-state index contributed by atoms with van der Waals surface area (Å²) >= 11 is 0. The molecule has 1 saturated heterocycles. The fourth-order valence-electron chi connectivity index (χ4n) is 3.82. The molecule has 0 aliphatic carbocycles. The molecule has 1 amide bonds. The predicted molar refractivity (Wildman–Crippen MR) is 111 cm³/mol. The molecule has 0 saturated carbocycles. The van der Waals surface area contributed by atoms with E-state index in [0.29, 0.717) is 12.8 Å². The Morgan fingerprint density at radius 3 is 2.43 bits per heavy atom. The van der Waals surface area contributed by atoms with Gasteiger partial charge in [0.25, 0.3) is 0 Å². The number of rotatable bonds is 5. The number of aryl methyl sites for hydroxylation is 1. The smallest absolute Gasteiger partial charge is 0.223 e. The zero-order valence-corrected chi connectivity index (χ0v) is 16.3. The molecule has 144 valence electrons. The molecular formula is C24H26N2O2. The summed E-state index contributed by atoms with van der Waals surface area (Å²) in [5, 5.41) is 0. The molecule has 0 spiro atoms. The average molecular weight is 374 g/mol. The Morgan fingerprint density at radius 1 is 0.964 bits per heavy atom. The summed E-state index contributed by atoms with van der Waals surface area (Å²) in [5.41, 5.74) is 2.26. The van der Waals surface area contributed by atoms with Crippen LogP contribution in [-0.2, 0) is 11.2 Å². The number of hydrogen-bond donors (Lipinski definition) is 0. The Hall–Kier alpha value is -2.85. The number of carbonyl (C=O) groups is 1. The molecule has 4 nitrogen and oxygen atoms in total. The highest BCUT2D eigenvalue weighted by Crippen LogP contribution is 2.27. The Kier molecular flexibility index (Phi) is 5.58. The first kappa shape index (κ1) is 18.5. The minimum Gasteiger partial charge on any atom is -0.461 e. The molecule has 0 unspecified atom stereocenters. The molecule has 2 heterocycles. The summed E-state index contributed by atoms with van der Waals surface area (Å²) in [6.07, 6.45) is 1.09. The second kappa shape index (κ2) is 8.44. The van der Waals surface area contributed by atoms with Crippen molar-refractivity contribution in [2.24, 2.45) is 0 Å². The summed E-state index contributed by atoms with van der Waals surface area (Å²) < 4.78 is 5.96. The van der Waals surface area contributed by atoms with Crippen molar-refractivity contribution in [1.29, 1.82) is 0 Å². The maximum absolute atomic E-state index is 13.0. The molecule has 28 heavy (non-hydrogen) atoms. The van der Waals surface area contributed by atoms with Gasteiger partial charge in [-0.1, -0.05) is 60.7 Å². The normalized spacial score (nSPS) is 17.6. The summed E-state index contributed by atoms with van der Waals surface area (Å²) in [6, 6.07) is 24.5. The van der Waals surface area contributed by atoms with Gasteiger partial charge >= 0.3 is 0 Å².